The average Bonchev–Trinajstić information content (AvgIpc) is 2.75. The van der Waals surface area contributed by atoms with E-state index in [9.17, 15) is 4.79 Å². The van der Waals surface area contributed by atoms with Gasteiger partial charge in [-0.15, -0.1) is 0 Å². The van der Waals surface area contributed by atoms with E-state index >= 15 is 0 Å². The van der Waals surface area contributed by atoms with Crippen molar-refractivity contribution in [2.45, 2.75) is 45.2 Å². The van der Waals surface area contributed by atoms with Crippen molar-refractivity contribution in [2.75, 3.05) is 6.54 Å². The fraction of sp³-hybridized carbons (Fsp3) is 0.900. The normalized spacial score (nSPS) is 35.5. The van der Waals surface area contributed by atoms with Gasteiger partial charge in [0.2, 0.25) is 5.91 Å². The highest BCUT2D eigenvalue weighted by Gasteiger charge is 2.64. The first-order valence-electron chi connectivity index (χ1n) is 5.06. The number of carbonyl (C=O) groups excluding carboxylic acids is 1. The Morgan fingerprint density at radius 2 is 2.08 bits per heavy atom. The zero-order valence-corrected chi connectivity index (χ0v) is 8.61. The molecule has 1 aliphatic heterocycles. The first-order chi connectivity index (χ1) is 6.00. The van der Waals surface area contributed by atoms with Crippen LogP contribution in [0.5, 0.6) is 0 Å². The van der Waals surface area contributed by atoms with Crippen molar-refractivity contribution in [3.8, 4) is 0 Å². The zero-order valence-electron chi connectivity index (χ0n) is 8.61. The van der Waals surface area contributed by atoms with E-state index in [0.29, 0.717) is 6.04 Å². The largest absolute Gasteiger partial charge is 0.354 e. The molecule has 3 heteroatoms. The lowest BCUT2D eigenvalue weighted by Gasteiger charge is -2.31. The maximum absolute atomic E-state index is 11.7. The Morgan fingerprint density at radius 1 is 1.46 bits per heavy atom. The Balaban J connectivity index is 2.22. The monoisotopic (exact) mass is 182 g/mol. The predicted octanol–water partition coefficient (Wildman–Crippen LogP) is 0.653. The number of nitrogens with one attached hydrogen (secondary N) is 2. The van der Waals surface area contributed by atoms with Crippen molar-refractivity contribution in [1.82, 2.24) is 10.6 Å². The van der Waals surface area contributed by atoms with Gasteiger partial charge in [0.25, 0.3) is 0 Å². The van der Waals surface area contributed by atoms with Crippen LogP contribution in [-0.4, -0.2) is 24.0 Å². The van der Waals surface area contributed by atoms with Crippen molar-refractivity contribution in [3.63, 3.8) is 0 Å². The molecule has 0 aromatic rings. The third kappa shape index (κ3) is 1.10. The van der Waals surface area contributed by atoms with Gasteiger partial charge in [0.05, 0.1) is 0 Å². The van der Waals surface area contributed by atoms with Gasteiger partial charge in [0, 0.05) is 18.0 Å². The Labute approximate surface area is 79.3 Å². The minimum absolute atomic E-state index is 0.179. The first kappa shape index (κ1) is 9.00. The van der Waals surface area contributed by atoms with Gasteiger partial charge >= 0.3 is 0 Å². The van der Waals surface area contributed by atoms with Crippen LogP contribution in [0.1, 0.15) is 33.6 Å². The predicted molar refractivity (Wildman–Crippen MR) is 51.4 cm³/mol. The highest BCUT2D eigenvalue weighted by Crippen LogP contribution is 2.56. The summed E-state index contributed by atoms with van der Waals surface area (Å²) in [5.74, 6) is 0.179. The topological polar surface area (TPSA) is 41.1 Å². The number of carbonyl (C=O) groups is 1. The van der Waals surface area contributed by atoms with E-state index in [2.05, 4.69) is 24.5 Å². The third-order valence-corrected chi connectivity index (χ3v) is 3.53. The van der Waals surface area contributed by atoms with Crippen LogP contribution >= 0.6 is 0 Å². The van der Waals surface area contributed by atoms with Crippen molar-refractivity contribution >= 4 is 5.91 Å². The van der Waals surface area contributed by atoms with E-state index in [4.69, 9.17) is 0 Å². The highest BCUT2D eigenvalue weighted by atomic mass is 16.2. The van der Waals surface area contributed by atoms with E-state index < -0.39 is 0 Å². The van der Waals surface area contributed by atoms with Gasteiger partial charge < -0.3 is 10.6 Å². The Bertz CT molecular complexity index is 245. The molecule has 1 aliphatic carbocycles. The van der Waals surface area contributed by atoms with Crippen molar-refractivity contribution < 1.29 is 4.79 Å². The molecular formula is C10H18N2O. The SMILES string of the molecule is CC(C)NC1(C)C(=O)NCC12CC2. The quantitative estimate of drug-likeness (QED) is 0.658. The van der Waals surface area contributed by atoms with Crippen LogP contribution in [0.25, 0.3) is 0 Å². The lowest BCUT2D eigenvalue weighted by atomic mass is 9.84. The van der Waals surface area contributed by atoms with Crippen molar-refractivity contribution in [3.05, 3.63) is 0 Å². The van der Waals surface area contributed by atoms with E-state index in [1.807, 2.05) is 6.92 Å². The second-order valence-corrected chi connectivity index (χ2v) is 4.89. The molecule has 1 unspecified atom stereocenters. The summed E-state index contributed by atoms with van der Waals surface area (Å²) in [7, 11) is 0. The molecule has 0 aromatic heterocycles. The lowest BCUT2D eigenvalue weighted by molar-refractivity contribution is -0.125. The molecule has 0 bridgehead atoms. The standard InChI is InChI=1S/C10H18N2O/c1-7(2)12-9(3)8(13)11-6-10(9)4-5-10/h7,12H,4-6H2,1-3H3,(H,11,13). The molecule has 2 fully saturated rings. The van der Waals surface area contributed by atoms with Gasteiger partial charge in [-0.25, -0.2) is 0 Å². The average molecular weight is 182 g/mol. The number of hydrogen-bond acceptors (Lipinski definition) is 2. The van der Waals surface area contributed by atoms with E-state index in [0.717, 1.165) is 6.54 Å². The van der Waals surface area contributed by atoms with Gasteiger partial charge in [0.1, 0.15) is 5.54 Å². The molecule has 2 aliphatic rings. The summed E-state index contributed by atoms with van der Waals surface area (Å²) in [5.41, 5.74) is -0.0878. The number of rotatable bonds is 2. The molecule has 1 saturated heterocycles. The summed E-state index contributed by atoms with van der Waals surface area (Å²) >= 11 is 0. The summed E-state index contributed by atoms with van der Waals surface area (Å²) in [6.45, 7) is 7.09. The second-order valence-electron chi connectivity index (χ2n) is 4.89. The summed E-state index contributed by atoms with van der Waals surface area (Å²) in [4.78, 5) is 11.7. The number of amides is 1. The van der Waals surface area contributed by atoms with E-state index in [1.54, 1.807) is 0 Å². The highest BCUT2D eigenvalue weighted by molar-refractivity contribution is 5.90. The summed E-state index contributed by atoms with van der Waals surface area (Å²) in [5, 5.41) is 6.38. The van der Waals surface area contributed by atoms with Gasteiger partial charge in [-0.05, 0) is 33.6 Å². The third-order valence-electron chi connectivity index (χ3n) is 3.53. The van der Waals surface area contributed by atoms with Crippen LogP contribution in [0.2, 0.25) is 0 Å². The minimum atomic E-state index is -0.318. The molecule has 2 N–H and O–H groups in total. The molecule has 1 spiro atoms. The van der Waals surface area contributed by atoms with Crippen molar-refractivity contribution in [2.24, 2.45) is 5.41 Å². The number of hydrogen-bond donors (Lipinski definition) is 2. The molecule has 1 amide bonds. The fourth-order valence-corrected chi connectivity index (χ4v) is 2.47. The zero-order chi connectivity index (χ0) is 9.69. The molecule has 2 rings (SSSR count). The maximum Gasteiger partial charge on any atom is 0.240 e. The van der Waals surface area contributed by atoms with Gasteiger partial charge in [0.15, 0.2) is 0 Å². The molecular weight excluding hydrogens is 164 g/mol. The van der Waals surface area contributed by atoms with Crippen LogP contribution in [0.15, 0.2) is 0 Å². The van der Waals surface area contributed by atoms with Crippen LogP contribution in [0.3, 0.4) is 0 Å². The lowest BCUT2D eigenvalue weighted by Crippen LogP contribution is -2.56. The Kier molecular flexibility index (Phi) is 1.71. The van der Waals surface area contributed by atoms with Crippen molar-refractivity contribution in [1.29, 1.82) is 0 Å². The molecule has 1 heterocycles. The Hall–Kier alpha value is -0.570. The molecule has 3 nitrogen and oxygen atoms in total. The summed E-state index contributed by atoms with van der Waals surface area (Å²) in [6.07, 6.45) is 2.37. The van der Waals surface area contributed by atoms with Crippen LogP contribution in [0.4, 0.5) is 0 Å². The van der Waals surface area contributed by atoms with Crippen LogP contribution in [0, 0.1) is 5.41 Å². The second kappa shape index (κ2) is 2.47. The summed E-state index contributed by atoms with van der Waals surface area (Å²) < 4.78 is 0. The maximum atomic E-state index is 11.7. The smallest absolute Gasteiger partial charge is 0.240 e. The van der Waals surface area contributed by atoms with Gasteiger partial charge in [-0.2, -0.15) is 0 Å². The minimum Gasteiger partial charge on any atom is -0.354 e. The molecule has 74 valence electrons. The Morgan fingerprint density at radius 3 is 2.54 bits per heavy atom. The van der Waals surface area contributed by atoms with Gasteiger partial charge in [-0.1, -0.05) is 0 Å². The molecule has 13 heavy (non-hydrogen) atoms. The molecule has 1 atom stereocenters. The van der Waals surface area contributed by atoms with E-state index in [-0.39, 0.29) is 16.9 Å². The van der Waals surface area contributed by atoms with Crippen LogP contribution in [-0.2, 0) is 4.79 Å². The fourth-order valence-electron chi connectivity index (χ4n) is 2.47. The first-order valence-corrected chi connectivity index (χ1v) is 5.06. The van der Waals surface area contributed by atoms with Crippen LogP contribution < -0.4 is 10.6 Å². The molecule has 1 saturated carbocycles. The van der Waals surface area contributed by atoms with E-state index in [1.165, 1.54) is 12.8 Å². The molecule has 0 radical (unpaired) electrons. The summed E-state index contributed by atoms with van der Waals surface area (Å²) in [6, 6.07) is 0.367. The van der Waals surface area contributed by atoms with Gasteiger partial charge in [-0.3, -0.25) is 4.79 Å². The molecule has 0 aromatic carbocycles.